The Kier molecular flexibility index (Phi) is 7.27. The number of benzene rings is 1. The number of hydrogen-bond donors (Lipinski definition) is 0. The topological polar surface area (TPSA) is 63.2 Å². The predicted octanol–water partition coefficient (Wildman–Crippen LogP) is 4.73. The summed E-state index contributed by atoms with van der Waals surface area (Å²) in [4.78, 5) is 13.1. The Bertz CT molecular complexity index is 1000. The maximum absolute atomic E-state index is 13.2. The molecule has 38 heavy (non-hydrogen) atoms. The van der Waals surface area contributed by atoms with Crippen LogP contribution < -0.4 is 4.46 Å². The molecule has 2 saturated heterocycles. The standard InChI is InChI=1S/C31H44O6Se/c1-28-14-13-24-22(23(28)10-11-26(28)30(3)34-16-17-35-30)12-15-31(36-18-19-37-31)29(24,2)20-25(27(32)33-4)38-21-8-6-5-7-9-21/h5-9,22-26H,10-20H2,1-4H3/t22?,23?,24?,25?,26-,28-,29+/m0/s1. The first-order valence-corrected chi connectivity index (χ1v) is 16.4. The number of hydrogen-bond acceptors (Lipinski definition) is 6. The van der Waals surface area contributed by atoms with Gasteiger partial charge in [-0.3, -0.25) is 0 Å². The van der Waals surface area contributed by atoms with E-state index in [4.69, 9.17) is 23.7 Å². The minimum atomic E-state index is -0.609. The van der Waals surface area contributed by atoms with Crippen molar-refractivity contribution < 1.29 is 28.5 Å². The number of carbonyl (C=O) groups excluding carboxylic acids is 1. The molecular formula is C31H44O6Se. The van der Waals surface area contributed by atoms with Crippen molar-refractivity contribution in [1.82, 2.24) is 0 Å². The number of carbonyl (C=O) groups is 1. The van der Waals surface area contributed by atoms with Crippen molar-refractivity contribution in [2.75, 3.05) is 33.5 Å². The first kappa shape index (κ1) is 27.2. The van der Waals surface area contributed by atoms with Crippen molar-refractivity contribution in [3.05, 3.63) is 30.3 Å². The summed E-state index contributed by atoms with van der Waals surface area (Å²) in [6.07, 6.45) is 7.44. The van der Waals surface area contributed by atoms with Gasteiger partial charge in [0.05, 0.1) is 0 Å². The van der Waals surface area contributed by atoms with Gasteiger partial charge in [0.1, 0.15) is 0 Å². The van der Waals surface area contributed by atoms with Gasteiger partial charge in [0.15, 0.2) is 0 Å². The average molecular weight is 592 g/mol. The fourth-order valence-electron chi connectivity index (χ4n) is 9.59. The Balaban J connectivity index is 1.32. The van der Waals surface area contributed by atoms with Gasteiger partial charge < -0.3 is 0 Å². The molecule has 210 valence electrons. The van der Waals surface area contributed by atoms with Gasteiger partial charge in [-0.15, -0.1) is 0 Å². The maximum atomic E-state index is 13.2. The molecule has 0 amide bonds. The molecule has 4 unspecified atom stereocenters. The van der Waals surface area contributed by atoms with Crippen molar-refractivity contribution in [1.29, 1.82) is 0 Å². The van der Waals surface area contributed by atoms with E-state index in [1.165, 1.54) is 18.0 Å². The van der Waals surface area contributed by atoms with E-state index in [2.05, 4.69) is 45.0 Å². The number of esters is 1. The Labute approximate surface area is 234 Å². The van der Waals surface area contributed by atoms with E-state index in [-0.39, 0.29) is 36.6 Å². The number of rotatable bonds is 6. The molecule has 0 bridgehead atoms. The summed E-state index contributed by atoms with van der Waals surface area (Å²) < 4.78 is 32.2. The van der Waals surface area contributed by atoms with Crippen LogP contribution in [0.25, 0.3) is 0 Å². The fraction of sp³-hybridized carbons (Fsp3) is 0.774. The SMILES string of the molecule is COC(=O)C(C[C@]1(C)C2CC[C@@]3(C)C(CC[C@@H]3C3(C)OCCO3)C2CCC12OCCO2)[Se]c1ccccc1. The van der Waals surface area contributed by atoms with Crippen LogP contribution in [0.15, 0.2) is 30.3 Å². The Morgan fingerprint density at radius 3 is 2.29 bits per heavy atom. The summed E-state index contributed by atoms with van der Waals surface area (Å²) in [6, 6.07) is 10.4. The molecule has 1 aromatic carbocycles. The third-order valence-electron chi connectivity index (χ3n) is 11.3. The molecule has 5 aliphatic rings. The molecule has 6 rings (SSSR count). The van der Waals surface area contributed by atoms with Crippen LogP contribution in [0.2, 0.25) is 4.82 Å². The third kappa shape index (κ3) is 4.23. The molecule has 3 aliphatic carbocycles. The van der Waals surface area contributed by atoms with Crippen molar-refractivity contribution in [3.63, 3.8) is 0 Å². The molecule has 3 saturated carbocycles. The summed E-state index contributed by atoms with van der Waals surface area (Å²) in [7, 11) is 1.53. The van der Waals surface area contributed by atoms with E-state index in [0.717, 1.165) is 38.5 Å². The van der Waals surface area contributed by atoms with Crippen molar-refractivity contribution in [2.45, 2.75) is 82.1 Å². The summed E-state index contributed by atoms with van der Waals surface area (Å²) >= 11 is -0.0303. The first-order chi connectivity index (χ1) is 18.2. The molecule has 0 N–H and O–H groups in total. The van der Waals surface area contributed by atoms with Gasteiger partial charge in [0.25, 0.3) is 0 Å². The summed E-state index contributed by atoms with van der Waals surface area (Å²) in [5.74, 6) is 0.927. The third-order valence-corrected chi connectivity index (χ3v) is 13.8. The summed E-state index contributed by atoms with van der Waals surface area (Å²) in [6.45, 7) is 9.75. The second-order valence-corrected chi connectivity index (χ2v) is 15.5. The minimum absolute atomic E-state index is 0.0303. The molecule has 2 heterocycles. The molecule has 7 atom stereocenters. The molecule has 6 nitrogen and oxygen atoms in total. The zero-order valence-electron chi connectivity index (χ0n) is 23.4. The van der Waals surface area contributed by atoms with Crippen LogP contribution in [-0.4, -0.2) is 66.0 Å². The molecule has 7 heteroatoms. The van der Waals surface area contributed by atoms with Gasteiger partial charge in [-0.25, -0.2) is 0 Å². The zero-order valence-corrected chi connectivity index (χ0v) is 25.1. The van der Waals surface area contributed by atoms with Crippen LogP contribution in [0.4, 0.5) is 0 Å². The van der Waals surface area contributed by atoms with E-state index < -0.39 is 11.6 Å². The number of ether oxygens (including phenoxy) is 5. The quantitative estimate of drug-likeness (QED) is 0.352. The van der Waals surface area contributed by atoms with E-state index >= 15 is 0 Å². The molecule has 0 radical (unpaired) electrons. The van der Waals surface area contributed by atoms with Crippen molar-refractivity contribution in [2.24, 2.45) is 34.5 Å². The molecule has 2 aliphatic heterocycles. The van der Waals surface area contributed by atoms with Crippen LogP contribution in [0.3, 0.4) is 0 Å². The first-order valence-electron chi connectivity index (χ1n) is 14.6. The normalized spacial score (nSPS) is 40.0. The van der Waals surface area contributed by atoms with Crippen LogP contribution in [0, 0.1) is 34.5 Å². The van der Waals surface area contributed by atoms with E-state index in [1.807, 2.05) is 6.07 Å². The second-order valence-electron chi connectivity index (χ2n) is 12.8. The van der Waals surface area contributed by atoms with E-state index in [0.29, 0.717) is 50.1 Å². The molecule has 0 aromatic heterocycles. The molecular weight excluding hydrogens is 547 g/mol. The Hall–Kier alpha value is -0.951. The van der Waals surface area contributed by atoms with Crippen LogP contribution in [0.5, 0.6) is 0 Å². The second kappa shape index (κ2) is 10.2. The molecule has 5 fully saturated rings. The van der Waals surface area contributed by atoms with Gasteiger partial charge in [-0.2, -0.15) is 0 Å². The van der Waals surface area contributed by atoms with Crippen molar-refractivity contribution >= 4 is 25.4 Å². The Morgan fingerprint density at radius 1 is 0.921 bits per heavy atom. The van der Waals surface area contributed by atoms with Crippen LogP contribution in [0.1, 0.15) is 65.7 Å². The van der Waals surface area contributed by atoms with Crippen molar-refractivity contribution in [3.8, 4) is 0 Å². The summed E-state index contributed by atoms with van der Waals surface area (Å²) in [5.41, 5.74) is -0.0513. The van der Waals surface area contributed by atoms with Gasteiger partial charge in [-0.05, 0) is 0 Å². The predicted molar refractivity (Wildman–Crippen MR) is 145 cm³/mol. The number of fused-ring (bicyclic) bond motifs is 3. The Morgan fingerprint density at radius 2 is 1.61 bits per heavy atom. The van der Waals surface area contributed by atoms with Gasteiger partial charge in [0.2, 0.25) is 0 Å². The van der Waals surface area contributed by atoms with E-state index in [1.54, 1.807) is 0 Å². The summed E-state index contributed by atoms with van der Waals surface area (Å²) in [5, 5.41) is 0. The van der Waals surface area contributed by atoms with Gasteiger partial charge >= 0.3 is 234 Å². The average Bonchev–Trinajstić information content (AvgIpc) is 3.66. The van der Waals surface area contributed by atoms with Crippen LogP contribution >= 0.6 is 0 Å². The van der Waals surface area contributed by atoms with Gasteiger partial charge in [0, 0.05) is 0 Å². The van der Waals surface area contributed by atoms with Gasteiger partial charge in [-0.1, -0.05) is 0 Å². The monoisotopic (exact) mass is 592 g/mol. The number of methoxy groups -OCH3 is 1. The fourth-order valence-corrected chi connectivity index (χ4v) is 12.2. The molecule has 1 aromatic rings. The van der Waals surface area contributed by atoms with Crippen LogP contribution in [-0.2, 0) is 28.5 Å². The molecule has 1 spiro atoms. The van der Waals surface area contributed by atoms with E-state index in [9.17, 15) is 4.79 Å². The zero-order chi connectivity index (χ0) is 26.6.